The molecule has 4 fully saturated rings. The van der Waals surface area contributed by atoms with Gasteiger partial charge in [0.2, 0.25) is 0 Å². The van der Waals surface area contributed by atoms with Crippen LogP contribution in [0.4, 0.5) is 4.79 Å². The van der Waals surface area contributed by atoms with Crippen LogP contribution in [-0.2, 0) is 0 Å². The maximum atomic E-state index is 12.5. The third-order valence-electron chi connectivity index (χ3n) is 13.2. The van der Waals surface area contributed by atoms with E-state index in [9.17, 15) is 4.79 Å². The molecule has 5 aliphatic rings. The fraction of sp³-hybridized carbons (Fsp3) is 0.914. The van der Waals surface area contributed by atoms with E-state index in [-0.39, 0.29) is 6.03 Å². The van der Waals surface area contributed by atoms with Crippen molar-refractivity contribution in [3.8, 4) is 0 Å². The van der Waals surface area contributed by atoms with Crippen molar-refractivity contribution in [1.29, 1.82) is 0 Å². The summed E-state index contributed by atoms with van der Waals surface area (Å²) >= 11 is 1.59. The third-order valence-corrected chi connectivity index (χ3v) is 14.2. The van der Waals surface area contributed by atoms with Crippen molar-refractivity contribution < 1.29 is 4.79 Å². The normalized spacial score (nSPS) is 43.7. The lowest BCUT2D eigenvalue weighted by atomic mass is 9.42. The molecule has 0 spiro atoms. The van der Waals surface area contributed by atoms with Crippen LogP contribution in [0.5, 0.6) is 0 Å². The van der Waals surface area contributed by atoms with E-state index in [2.05, 4.69) is 63.7 Å². The number of amides is 2. The second-order valence-corrected chi connectivity index (χ2v) is 17.1. The topological polar surface area (TPSA) is 41.1 Å². The van der Waals surface area contributed by atoms with Crippen LogP contribution in [0.2, 0.25) is 0 Å². The Hall–Kier alpha value is -0.640. The summed E-state index contributed by atoms with van der Waals surface area (Å²) in [6.45, 7) is 15.7. The summed E-state index contributed by atoms with van der Waals surface area (Å²) in [6.07, 6.45) is 24.2. The molecule has 39 heavy (non-hydrogen) atoms. The Morgan fingerprint density at radius 1 is 0.923 bits per heavy atom. The first-order chi connectivity index (χ1) is 18.6. The highest BCUT2D eigenvalue weighted by molar-refractivity contribution is 7.98. The molecular formula is C35H60N2OS. The molecule has 5 rings (SSSR count). The smallest absolute Gasteiger partial charge is 0.324 e. The minimum absolute atomic E-state index is 0.00884. The van der Waals surface area contributed by atoms with Crippen LogP contribution in [0, 0.1) is 57.7 Å². The number of fused-ring (bicyclic) bond motifs is 5. The van der Waals surface area contributed by atoms with Crippen molar-refractivity contribution in [2.24, 2.45) is 57.7 Å². The predicted molar refractivity (Wildman–Crippen MR) is 167 cm³/mol. The minimum atomic E-state index is -0.00884. The van der Waals surface area contributed by atoms with Gasteiger partial charge in [-0.2, -0.15) is 0 Å². The average Bonchev–Trinajstić information content (AvgIpc) is 3.25. The van der Waals surface area contributed by atoms with Crippen molar-refractivity contribution in [3.63, 3.8) is 0 Å². The standard InChI is InChI=1S/C35H60N2OS/c1-7-24-23-28-30-18-15-26(34(30,5)21-19-31(28)35(6)20-9-8-12-29(24)35)11-10-22-36-32(38)37-39-27-16-13-25(14-17-27)33(2,3)4/h13,16,24-31H,7-12,14-15,17-23H2,1-6H3,(H2,36,37,38)/t24-,25?,26-,27?,28?,29?,30?,31-,34?,35?/m0/s1. The molecule has 3 nitrogen and oxygen atoms in total. The molecule has 0 saturated heterocycles. The molecule has 0 aromatic heterocycles. The number of rotatable bonds is 7. The van der Waals surface area contributed by atoms with E-state index in [4.69, 9.17) is 0 Å². The molecule has 0 aromatic rings. The Morgan fingerprint density at radius 2 is 1.72 bits per heavy atom. The molecule has 0 aliphatic heterocycles. The largest absolute Gasteiger partial charge is 0.337 e. The first-order valence-corrected chi connectivity index (χ1v) is 17.8. The number of carbonyl (C=O) groups is 1. The van der Waals surface area contributed by atoms with Gasteiger partial charge in [-0.25, -0.2) is 4.79 Å². The molecule has 2 amide bonds. The van der Waals surface area contributed by atoms with Gasteiger partial charge >= 0.3 is 6.03 Å². The van der Waals surface area contributed by atoms with Crippen LogP contribution in [0.1, 0.15) is 131 Å². The molecule has 0 bridgehead atoms. The van der Waals surface area contributed by atoms with Gasteiger partial charge in [-0.3, -0.25) is 4.72 Å². The van der Waals surface area contributed by atoms with Gasteiger partial charge in [0, 0.05) is 11.8 Å². The molecule has 10 atom stereocenters. The number of carbonyl (C=O) groups excluding carboxylic acids is 1. The summed E-state index contributed by atoms with van der Waals surface area (Å²) in [4.78, 5) is 12.5. The molecule has 7 unspecified atom stereocenters. The van der Waals surface area contributed by atoms with E-state index < -0.39 is 0 Å². The maximum Gasteiger partial charge on any atom is 0.324 e. The molecule has 4 saturated carbocycles. The van der Waals surface area contributed by atoms with Crippen molar-refractivity contribution in [2.45, 2.75) is 137 Å². The van der Waals surface area contributed by atoms with Crippen LogP contribution >= 0.6 is 11.9 Å². The number of hydrogen-bond acceptors (Lipinski definition) is 2. The molecule has 0 aromatic carbocycles. The fourth-order valence-electron chi connectivity index (χ4n) is 10.9. The minimum Gasteiger partial charge on any atom is -0.337 e. The van der Waals surface area contributed by atoms with Crippen LogP contribution < -0.4 is 10.0 Å². The Kier molecular flexibility index (Phi) is 9.12. The molecular weight excluding hydrogens is 496 g/mol. The number of urea groups is 1. The highest BCUT2D eigenvalue weighted by Gasteiger charge is 2.60. The zero-order valence-electron chi connectivity index (χ0n) is 26.2. The summed E-state index contributed by atoms with van der Waals surface area (Å²) in [6, 6.07) is -0.00884. The summed E-state index contributed by atoms with van der Waals surface area (Å²) in [5, 5.41) is 3.56. The second-order valence-electron chi connectivity index (χ2n) is 16.0. The summed E-state index contributed by atoms with van der Waals surface area (Å²) in [5.41, 5.74) is 1.49. The molecule has 4 heteroatoms. The van der Waals surface area contributed by atoms with Crippen molar-refractivity contribution in [2.75, 3.05) is 6.54 Å². The van der Waals surface area contributed by atoms with Crippen LogP contribution in [-0.4, -0.2) is 17.8 Å². The SMILES string of the molecule is CC[C@H]1CC2C3CC[C@H](CCCNC(=O)NSC4C=CC(C(C)(C)C)CC4)C3(C)CC[C@@H]2C2(C)CCCCC12. The summed E-state index contributed by atoms with van der Waals surface area (Å²) < 4.78 is 3.07. The van der Waals surface area contributed by atoms with Gasteiger partial charge in [-0.15, -0.1) is 0 Å². The predicted octanol–water partition coefficient (Wildman–Crippen LogP) is 9.78. The molecule has 0 heterocycles. The number of allylic oxidation sites excluding steroid dienone is 1. The van der Waals surface area contributed by atoms with Gasteiger partial charge in [0.1, 0.15) is 0 Å². The first-order valence-electron chi connectivity index (χ1n) is 16.9. The van der Waals surface area contributed by atoms with Crippen LogP contribution in [0.15, 0.2) is 12.2 Å². The monoisotopic (exact) mass is 556 g/mol. The molecule has 222 valence electrons. The average molecular weight is 557 g/mol. The Labute approximate surface area is 245 Å². The number of nitrogens with one attached hydrogen (secondary N) is 2. The zero-order chi connectivity index (χ0) is 27.8. The molecule has 0 radical (unpaired) electrons. The first kappa shape index (κ1) is 29.8. The second kappa shape index (κ2) is 11.9. The highest BCUT2D eigenvalue weighted by Crippen LogP contribution is 2.69. The van der Waals surface area contributed by atoms with E-state index in [0.29, 0.717) is 27.4 Å². The van der Waals surface area contributed by atoms with Crippen molar-refractivity contribution in [3.05, 3.63) is 12.2 Å². The van der Waals surface area contributed by atoms with E-state index in [1.807, 2.05) is 0 Å². The van der Waals surface area contributed by atoms with Gasteiger partial charge in [-0.1, -0.05) is 73.0 Å². The van der Waals surface area contributed by atoms with E-state index >= 15 is 0 Å². The van der Waals surface area contributed by atoms with E-state index in [1.54, 1.807) is 11.9 Å². The van der Waals surface area contributed by atoms with Gasteiger partial charge in [0.05, 0.1) is 0 Å². The van der Waals surface area contributed by atoms with Crippen molar-refractivity contribution in [1.82, 2.24) is 10.0 Å². The van der Waals surface area contributed by atoms with Crippen LogP contribution in [0.25, 0.3) is 0 Å². The Balaban J connectivity index is 1.07. The van der Waals surface area contributed by atoms with Crippen molar-refractivity contribution >= 4 is 18.0 Å². The Bertz CT molecular complexity index is 880. The van der Waals surface area contributed by atoms with E-state index in [0.717, 1.165) is 54.9 Å². The lowest BCUT2D eigenvalue weighted by molar-refractivity contribution is -0.135. The lowest BCUT2D eigenvalue weighted by Gasteiger charge is -2.62. The highest BCUT2D eigenvalue weighted by atomic mass is 32.2. The summed E-state index contributed by atoms with van der Waals surface area (Å²) in [5.74, 6) is 6.39. The maximum absolute atomic E-state index is 12.5. The van der Waals surface area contributed by atoms with E-state index in [1.165, 1.54) is 77.0 Å². The van der Waals surface area contributed by atoms with Gasteiger partial charge in [0.15, 0.2) is 0 Å². The molecule has 2 N–H and O–H groups in total. The lowest BCUT2D eigenvalue weighted by Crippen LogP contribution is -2.55. The third kappa shape index (κ3) is 5.98. The molecule has 5 aliphatic carbocycles. The quantitative estimate of drug-likeness (QED) is 0.186. The fourth-order valence-corrected chi connectivity index (χ4v) is 11.7. The Morgan fingerprint density at radius 3 is 2.44 bits per heavy atom. The van der Waals surface area contributed by atoms with Gasteiger partial charge in [-0.05, 0) is 140 Å². The van der Waals surface area contributed by atoms with Gasteiger partial charge in [0.25, 0.3) is 0 Å². The zero-order valence-corrected chi connectivity index (χ0v) is 27.0. The van der Waals surface area contributed by atoms with Crippen LogP contribution in [0.3, 0.4) is 0 Å². The van der Waals surface area contributed by atoms with Gasteiger partial charge < -0.3 is 5.32 Å². The summed E-state index contributed by atoms with van der Waals surface area (Å²) in [7, 11) is 0. The number of hydrogen-bond donors (Lipinski definition) is 2.